The lowest BCUT2D eigenvalue weighted by molar-refractivity contribution is 0.332. The van der Waals surface area contributed by atoms with Crippen LogP contribution in [0.15, 0.2) is 188 Å². The van der Waals surface area contributed by atoms with Gasteiger partial charge in [0.1, 0.15) is 0 Å². The first kappa shape index (κ1) is 36.1. The number of hydrogen-bond donors (Lipinski definition) is 0. The van der Waals surface area contributed by atoms with E-state index in [0.717, 1.165) is 0 Å². The molecule has 2 aromatic heterocycles. The fourth-order valence-corrected chi connectivity index (χ4v) is 16.3. The topological polar surface area (TPSA) is 4.93 Å². The molecule has 59 heavy (non-hydrogen) atoms. The zero-order chi connectivity index (χ0) is 39.9. The van der Waals surface area contributed by atoms with Gasteiger partial charge in [0, 0.05) is 36.6 Å². The summed E-state index contributed by atoms with van der Waals surface area (Å²) in [7, 11) is -2.85. The minimum atomic E-state index is -2.85. The molecule has 0 spiro atoms. The lowest BCUT2D eigenvalue weighted by Crippen LogP contribution is -2.75. The minimum absolute atomic E-state index is 0.0985. The van der Waals surface area contributed by atoms with E-state index >= 15 is 0 Å². The summed E-state index contributed by atoms with van der Waals surface area (Å²) in [5.41, 5.74) is 9.38. The molecule has 3 heteroatoms. The molecule has 0 aliphatic heterocycles. The van der Waals surface area contributed by atoms with Crippen LogP contribution in [0.5, 0.6) is 0 Å². The van der Waals surface area contributed by atoms with E-state index in [0.29, 0.717) is 0 Å². The van der Waals surface area contributed by atoms with E-state index in [-0.39, 0.29) is 10.8 Å². The van der Waals surface area contributed by atoms with Crippen molar-refractivity contribution in [3.63, 3.8) is 0 Å². The number of para-hydroxylation sites is 1. The van der Waals surface area contributed by atoms with Gasteiger partial charge in [-0.15, -0.1) is 11.3 Å². The number of hydrogen-bond acceptors (Lipinski definition) is 1. The van der Waals surface area contributed by atoms with E-state index in [4.69, 9.17) is 0 Å². The van der Waals surface area contributed by atoms with Crippen molar-refractivity contribution in [2.75, 3.05) is 0 Å². The lowest BCUT2D eigenvalue weighted by Gasteiger charge is -2.43. The van der Waals surface area contributed by atoms with Gasteiger partial charge in [-0.3, -0.25) is 0 Å². The van der Waals surface area contributed by atoms with Crippen molar-refractivity contribution in [1.82, 2.24) is 4.57 Å². The Labute approximate surface area is 352 Å². The smallest absolute Gasteiger partial charge is 0.179 e. The zero-order valence-corrected chi connectivity index (χ0v) is 36.0. The highest BCUT2D eigenvalue weighted by Gasteiger charge is 2.44. The molecule has 2 heterocycles. The average molecular weight is 794 g/mol. The molecule has 0 atom stereocenters. The highest BCUT2D eigenvalue weighted by molar-refractivity contribution is 7.25. The van der Waals surface area contributed by atoms with Crippen molar-refractivity contribution in [3.8, 4) is 16.8 Å². The van der Waals surface area contributed by atoms with Crippen molar-refractivity contribution in [2.45, 2.75) is 51.4 Å². The molecule has 0 radical (unpaired) electrons. The molecule has 1 aliphatic rings. The van der Waals surface area contributed by atoms with Crippen LogP contribution in [0, 0.1) is 0 Å². The van der Waals surface area contributed by atoms with E-state index in [1.807, 2.05) is 11.3 Å². The molecule has 10 aromatic rings. The van der Waals surface area contributed by atoms with Gasteiger partial charge in [-0.25, -0.2) is 0 Å². The summed E-state index contributed by atoms with van der Waals surface area (Å²) in [5, 5.41) is 10.8. The SMILES string of the molecule is CC1(C)CCC(C)(C)c2cc([Si](c3ccccc3)(c3ccccc3)c3cccc(-n4c5ccccc5c5cc(-c6ccc7sc8ccccc8c7c6)ccc54)c3)ccc21. The van der Waals surface area contributed by atoms with E-state index in [9.17, 15) is 0 Å². The quantitative estimate of drug-likeness (QED) is 0.117. The third-order valence-electron chi connectivity index (χ3n) is 13.6. The van der Waals surface area contributed by atoms with Crippen LogP contribution in [-0.2, 0) is 10.8 Å². The summed E-state index contributed by atoms with van der Waals surface area (Å²) in [4.78, 5) is 0. The molecule has 0 amide bonds. The van der Waals surface area contributed by atoms with E-state index in [1.54, 1.807) is 0 Å². The molecule has 8 aromatic carbocycles. The van der Waals surface area contributed by atoms with Gasteiger partial charge in [0.25, 0.3) is 0 Å². The average Bonchev–Trinajstić information content (AvgIpc) is 3.82. The largest absolute Gasteiger partial charge is 0.309 e. The van der Waals surface area contributed by atoms with Crippen LogP contribution in [0.3, 0.4) is 0 Å². The van der Waals surface area contributed by atoms with Gasteiger partial charge >= 0.3 is 0 Å². The summed E-state index contributed by atoms with van der Waals surface area (Å²) in [6, 6.07) is 71.8. The van der Waals surface area contributed by atoms with Gasteiger partial charge < -0.3 is 4.57 Å². The Morgan fingerprint density at radius 2 is 0.966 bits per heavy atom. The Morgan fingerprint density at radius 3 is 1.71 bits per heavy atom. The van der Waals surface area contributed by atoms with E-state index in [2.05, 4.69) is 220 Å². The molecular formula is C56H47NSSi. The molecule has 0 bridgehead atoms. The Bertz CT molecular complexity index is 3180. The fourth-order valence-electron chi connectivity index (χ4n) is 10.4. The molecule has 0 fully saturated rings. The van der Waals surface area contributed by atoms with Crippen LogP contribution in [0.2, 0.25) is 0 Å². The van der Waals surface area contributed by atoms with Gasteiger partial charge in [0.2, 0.25) is 0 Å². The van der Waals surface area contributed by atoms with Crippen LogP contribution in [0.4, 0.5) is 0 Å². The summed E-state index contributed by atoms with van der Waals surface area (Å²) >= 11 is 1.87. The van der Waals surface area contributed by atoms with Crippen LogP contribution in [0.1, 0.15) is 51.7 Å². The third-order valence-corrected chi connectivity index (χ3v) is 19.5. The monoisotopic (exact) mass is 793 g/mol. The number of thiophene rings is 1. The van der Waals surface area contributed by atoms with Gasteiger partial charge in [-0.1, -0.05) is 167 Å². The molecular weight excluding hydrogens is 747 g/mol. The predicted octanol–water partition coefficient (Wildman–Crippen LogP) is 12.5. The van der Waals surface area contributed by atoms with Crippen LogP contribution < -0.4 is 20.7 Å². The molecule has 0 saturated heterocycles. The Kier molecular flexibility index (Phi) is 8.28. The number of aromatic nitrogens is 1. The van der Waals surface area contributed by atoms with Crippen molar-refractivity contribution in [3.05, 3.63) is 199 Å². The minimum Gasteiger partial charge on any atom is -0.309 e. The molecule has 0 saturated carbocycles. The van der Waals surface area contributed by atoms with Gasteiger partial charge in [-0.2, -0.15) is 0 Å². The molecule has 11 rings (SSSR count). The normalized spacial score (nSPS) is 14.9. The molecule has 1 aliphatic carbocycles. The first-order chi connectivity index (χ1) is 28.7. The number of nitrogens with zero attached hydrogens (tertiary/aromatic N) is 1. The second kappa shape index (κ2) is 13.5. The van der Waals surface area contributed by atoms with Crippen molar-refractivity contribution in [2.24, 2.45) is 0 Å². The first-order valence-electron chi connectivity index (χ1n) is 21.0. The number of benzene rings is 8. The standard InChI is InChI=1S/C56H47NSSi/c1-55(2)32-33-56(3,4)50-37-44(28-29-49(50)55)59(41-17-7-5-8-18-41,42-19-9-6-10-20-42)43-21-15-16-40(36-43)57-51-24-13-11-22-45(51)47-34-38(26-30-52(47)57)39-27-31-54-48(35-39)46-23-12-14-25-53(46)58-54/h5-31,34-37H,32-33H2,1-4H3. The van der Waals surface area contributed by atoms with Gasteiger partial charge in [0.15, 0.2) is 8.07 Å². The van der Waals surface area contributed by atoms with Crippen LogP contribution in [0.25, 0.3) is 58.8 Å². The number of fused-ring (bicyclic) bond motifs is 7. The Balaban J connectivity index is 1.14. The fraction of sp³-hybridized carbons (Fsp3) is 0.143. The highest BCUT2D eigenvalue weighted by Crippen LogP contribution is 2.45. The maximum Gasteiger partial charge on any atom is 0.179 e. The van der Waals surface area contributed by atoms with Crippen molar-refractivity contribution in [1.29, 1.82) is 0 Å². The van der Waals surface area contributed by atoms with E-state index < -0.39 is 8.07 Å². The maximum atomic E-state index is 2.63. The third kappa shape index (κ3) is 5.63. The van der Waals surface area contributed by atoms with E-state index in [1.165, 1.54) is 104 Å². The lowest BCUT2D eigenvalue weighted by atomic mass is 9.63. The predicted molar refractivity (Wildman–Crippen MR) is 258 cm³/mol. The summed E-state index contributed by atoms with van der Waals surface area (Å²) < 4.78 is 5.17. The van der Waals surface area contributed by atoms with Gasteiger partial charge in [-0.05, 0) is 115 Å². The second-order valence-electron chi connectivity index (χ2n) is 18.0. The molecule has 286 valence electrons. The van der Waals surface area contributed by atoms with Gasteiger partial charge in [0.05, 0.1) is 11.0 Å². The summed E-state index contributed by atoms with van der Waals surface area (Å²) in [5.74, 6) is 0. The Morgan fingerprint density at radius 1 is 0.407 bits per heavy atom. The molecule has 0 unspecified atom stereocenters. The second-order valence-corrected chi connectivity index (χ2v) is 22.8. The molecule has 1 nitrogen and oxygen atoms in total. The summed E-state index contributed by atoms with van der Waals surface area (Å²) in [6.07, 6.45) is 2.39. The highest BCUT2D eigenvalue weighted by atomic mass is 32.1. The Hall–Kier alpha value is -6.00. The first-order valence-corrected chi connectivity index (χ1v) is 23.9. The van der Waals surface area contributed by atoms with Crippen molar-refractivity contribution < 1.29 is 0 Å². The van der Waals surface area contributed by atoms with Crippen LogP contribution in [-0.4, -0.2) is 12.6 Å². The van der Waals surface area contributed by atoms with Crippen LogP contribution >= 0.6 is 11.3 Å². The van der Waals surface area contributed by atoms with Crippen molar-refractivity contribution >= 4 is 82.1 Å². The maximum absolute atomic E-state index is 2.85. The molecule has 0 N–H and O–H groups in total. The number of rotatable bonds is 6. The summed E-state index contributed by atoms with van der Waals surface area (Å²) in [6.45, 7) is 9.77. The zero-order valence-electron chi connectivity index (χ0n) is 34.2.